The largest absolute Gasteiger partial charge is 0.462 e. The summed E-state index contributed by atoms with van der Waals surface area (Å²) in [6.45, 7) is 5.78. The number of ether oxygens (including phenoxy) is 1. The van der Waals surface area contributed by atoms with Crippen LogP contribution in [0.2, 0.25) is 5.15 Å². The standard InChI is InChI=1S/C13H16ClNO3/c1-8(2)4-5-18-13(17)10-6-12(14)15-7-11(10)9(3)16/h6-8H,4-5H2,1-3H3. The zero-order valence-electron chi connectivity index (χ0n) is 10.7. The third kappa shape index (κ3) is 4.11. The summed E-state index contributed by atoms with van der Waals surface area (Å²) in [4.78, 5) is 27.0. The van der Waals surface area contributed by atoms with Crippen molar-refractivity contribution in [2.45, 2.75) is 27.2 Å². The van der Waals surface area contributed by atoms with Gasteiger partial charge in [0.1, 0.15) is 5.15 Å². The van der Waals surface area contributed by atoms with Gasteiger partial charge >= 0.3 is 5.97 Å². The molecule has 4 nitrogen and oxygen atoms in total. The number of Topliss-reactive ketones (excluding diaryl/α,β-unsaturated/α-hetero) is 1. The predicted octanol–water partition coefficient (Wildman–Crippen LogP) is 3.14. The molecule has 0 spiro atoms. The number of ketones is 1. The molecule has 0 saturated carbocycles. The highest BCUT2D eigenvalue weighted by Crippen LogP contribution is 2.15. The summed E-state index contributed by atoms with van der Waals surface area (Å²) < 4.78 is 5.11. The van der Waals surface area contributed by atoms with Gasteiger partial charge in [0.25, 0.3) is 0 Å². The molecule has 0 N–H and O–H groups in total. The average molecular weight is 270 g/mol. The average Bonchev–Trinajstić information content (AvgIpc) is 2.27. The molecule has 0 bridgehead atoms. The van der Waals surface area contributed by atoms with E-state index in [1.54, 1.807) is 0 Å². The second-order valence-electron chi connectivity index (χ2n) is 4.43. The van der Waals surface area contributed by atoms with E-state index in [0.717, 1.165) is 6.42 Å². The van der Waals surface area contributed by atoms with E-state index in [9.17, 15) is 9.59 Å². The number of esters is 1. The van der Waals surface area contributed by atoms with Crippen molar-refractivity contribution < 1.29 is 14.3 Å². The van der Waals surface area contributed by atoms with Gasteiger partial charge in [-0.1, -0.05) is 25.4 Å². The lowest BCUT2D eigenvalue weighted by molar-refractivity contribution is 0.0485. The summed E-state index contributed by atoms with van der Waals surface area (Å²) >= 11 is 5.72. The summed E-state index contributed by atoms with van der Waals surface area (Å²) in [5.41, 5.74) is 0.403. The van der Waals surface area contributed by atoms with Gasteiger partial charge in [-0.05, 0) is 25.3 Å². The van der Waals surface area contributed by atoms with Crippen LogP contribution in [-0.2, 0) is 4.74 Å². The summed E-state index contributed by atoms with van der Waals surface area (Å²) in [5, 5.41) is 0.163. The molecule has 0 unspecified atom stereocenters. The molecule has 5 heteroatoms. The molecule has 0 saturated heterocycles. The fourth-order valence-corrected chi connectivity index (χ4v) is 1.50. The first kappa shape index (κ1) is 14.6. The third-order valence-corrected chi connectivity index (χ3v) is 2.60. The Hall–Kier alpha value is -1.42. The van der Waals surface area contributed by atoms with E-state index < -0.39 is 5.97 Å². The second kappa shape index (κ2) is 6.50. The molecule has 1 rings (SSSR count). The zero-order chi connectivity index (χ0) is 13.7. The zero-order valence-corrected chi connectivity index (χ0v) is 11.5. The molecule has 18 heavy (non-hydrogen) atoms. The highest BCUT2D eigenvalue weighted by molar-refractivity contribution is 6.30. The van der Waals surface area contributed by atoms with Crippen LogP contribution in [-0.4, -0.2) is 23.3 Å². The maximum absolute atomic E-state index is 11.8. The van der Waals surface area contributed by atoms with E-state index in [0.29, 0.717) is 12.5 Å². The van der Waals surface area contributed by atoms with Crippen LogP contribution < -0.4 is 0 Å². The molecule has 1 aromatic heterocycles. The quantitative estimate of drug-likeness (QED) is 0.468. The topological polar surface area (TPSA) is 56.3 Å². The number of carbonyl (C=O) groups excluding carboxylic acids is 2. The van der Waals surface area contributed by atoms with Crippen molar-refractivity contribution in [1.29, 1.82) is 0 Å². The van der Waals surface area contributed by atoms with Gasteiger partial charge in [-0.2, -0.15) is 0 Å². The Morgan fingerprint density at radius 3 is 2.61 bits per heavy atom. The van der Waals surface area contributed by atoms with Crippen molar-refractivity contribution in [3.8, 4) is 0 Å². The maximum atomic E-state index is 11.8. The van der Waals surface area contributed by atoms with Crippen molar-refractivity contribution in [3.63, 3.8) is 0 Å². The summed E-state index contributed by atoms with van der Waals surface area (Å²) in [6.07, 6.45) is 2.07. The van der Waals surface area contributed by atoms with Crippen LogP contribution in [0.4, 0.5) is 0 Å². The lowest BCUT2D eigenvalue weighted by Crippen LogP contribution is -2.12. The smallest absolute Gasteiger partial charge is 0.339 e. The number of pyridine rings is 1. The first-order chi connectivity index (χ1) is 8.41. The fraction of sp³-hybridized carbons (Fsp3) is 0.462. The molecule has 0 aliphatic carbocycles. The molecule has 98 valence electrons. The van der Waals surface area contributed by atoms with Gasteiger partial charge < -0.3 is 4.74 Å². The number of nitrogens with zero attached hydrogens (tertiary/aromatic N) is 1. The summed E-state index contributed by atoms with van der Waals surface area (Å²) in [5.74, 6) is -0.328. The van der Waals surface area contributed by atoms with Gasteiger partial charge in [-0.25, -0.2) is 9.78 Å². The molecular formula is C13H16ClNO3. The Balaban J connectivity index is 2.84. The van der Waals surface area contributed by atoms with Gasteiger partial charge in [0, 0.05) is 6.20 Å². The summed E-state index contributed by atoms with van der Waals surface area (Å²) in [7, 11) is 0. The Morgan fingerprint density at radius 2 is 2.06 bits per heavy atom. The Bertz CT molecular complexity index is 458. The van der Waals surface area contributed by atoms with E-state index in [4.69, 9.17) is 16.3 Å². The molecular weight excluding hydrogens is 254 g/mol. The summed E-state index contributed by atoms with van der Waals surface area (Å²) in [6, 6.07) is 1.36. The highest BCUT2D eigenvalue weighted by Gasteiger charge is 2.17. The van der Waals surface area contributed by atoms with Gasteiger partial charge in [0.15, 0.2) is 5.78 Å². The Kier molecular flexibility index (Phi) is 5.28. The first-order valence-corrected chi connectivity index (χ1v) is 6.13. The molecule has 0 atom stereocenters. The fourth-order valence-electron chi connectivity index (χ4n) is 1.34. The molecule has 1 heterocycles. The van der Waals surface area contributed by atoms with Gasteiger partial charge in [-0.3, -0.25) is 4.79 Å². The van der Waals surface area contributed by atoms with E-state index in [2.05, 4.69) is 4.98 Å². The first-order valence-electron chi connectivity index (χ1n) is 5.75. The van der Waals surface area contributed by atoms with E-state index >= 15 is 0 Å². The van der Waals surface area contributed by atoms with Gasteiger partial charge in [0.05, 0.1) is 17.7 Å². The number of hydrogen-bond acceptors (Lipinski definition) is 4. The lowest BCUT2D eigenvalue weighted by atomic mass is 10.1. The number of carbonyl (C=O) groups is 2. The SMILES string of the molecule is CC(=O)c1cnc(Cl)cc1C(=O)OCCC(C)C. The normalized spacial score (nSPS) is 10.5. The minimum absolute atomic E-state index is 0.163. The van der Waals surface area contributed by atoms with Crippen molar-refractivity contribution in [2.24, 2.45) is 5.92 Å². The number of aromatic nitrogens is 1. The second-order valence-corrected chi connectivity index (χ2v) is 4.81. The molecule has 0 aromatic carbocycles. The molecule has 0 radical (unpaired) electrons. The molecule has 0 amide bonds. The van der Waals surface area contributed by atoms with Crippen LogP contribution in [0.3, 0.4) is 0 Å². The van der Waals surface area contributed by atoms with E-state index in [1.807, 2.05) is 13.8 Å². The third-order valence-electron chi connectivity index (χ3n) is 2.40. The van der Waals surface area contributed by atoms with Crippen LogP contribution in [0.25, 0.3) is 0 Å². The predicted molar refractivity (Wildman–Crippen MR) is 69.0 cm³/mol. The lowest BCUT2D eigenvalue weighted by Gasteiger charge is -2.09. The maximum Gasteiger partial charge on any atom is 0.339 e. The molecule has 0 fully saturated rings. The number of halogens is 1. The van der Waals surface area contributed by atoms with Crippen LogP contribution in [0.5, 0.6) is 0 Å². The van der Waals surface area contributed by atoms with Crippen molar-refractivity contribution >= 4 is 23.4 Å². The molecule has 0 aliphatic rings. The van der Waals surface area contributed by atoms with Crippen molar-refractivity contribution in [1.82, 2.24) is 4.98 Å². The number of hydrogen-bond donors (Lipinski definition) is 0. The molecule has 0 aliphatic heterocycles. The van der Waals surface area contributed by atoms with Crippen LogP contribution in [0.15, 0.2) is 12.3 Å². The highest BCUT2D eigenvalue weighted by atomic mass is 35.5. The Morgan fingerprint density at radius 1 is 1.39 bits per heavy atom. The van der Waals surface area contributed by atoms with E-state index in [1.165, 1.54) is 19.2 Å². The Labute approximate surface area is 111 Å². The van der Waals surface area contributed by atoms with Crippen molar-refractivity contribution in [3.05, 3.63) is 28.5 Å². The van der Waals surface area contributed by atoms with Gasteiger partial charge in [-0.15, -0.1) is 0 Å². The monoisotopic (exact) mass is 269 g/mol. The van der Waals surface area contributed by atoms with Crippen LogP contribution in [0, 0.1) is 5.92 Å². The minimum atomic E-state index is -0.537. The number of rotatable bonds is 5. The van der Waals surface area contributed by atoms with Crippen molar-refractivity contribution in [2.75, 3.05) is 6.61 Å². The van der Waals surface area contributed by atoms with Crippen LogP contribution >= 0.6 is 11.6 Å². The van der Waals surface area contributed by atoms with Gasteiger partial charge in [0.2, 0.25) is 0 Å². The van der Waals surface area contributed by atoms with E-state index in [-0.39, 0.29) is 22.1 Å². The van der Waals surface area contributed by atoms with Crippen LogP contribution in [0.1, 0.15) is 47.9 Å². The molecule has 1 aromatic rings. The minimum Gasteiger partial charge on any atom is -0.462 e.